The fourth-order valence-corrected chi connectivity index (χ4v) is 9.30. The van der Waals surface area contributed by atoms with Gasteiger partial charge in [0.15, 0.2) is 0 Å². The Labute approximate surface area is 418 Å². The van der Waals surface area contributed by atoms with E-state index in [1.54, 1.807) is 18.5 Å². The molecule has 0 unspecified atom stereocenters. The second kappa shape index (κ2) is 20.0. The fourth-order valence-electron chi connectivity index (χ4n) is 9.30. The zero-order chi connectivity index (χ0) is 46.8. The van der Waals surface area contributed by atoms with Crippen LogP contribution < -0.4 is 0 Å². The third-order valence-electron chi connectivity index (χ3n) is 12.6. The van der Waals surface area contributed by atoms with Crippen molar-refractivity contribution in [2.75, 3.05) is 0 Å². The summed E-state index contributed by atoms with van der Waals surface area (Å²) in [6.45, 7) is 4.11. The third-order valence-corrected chi connectivity index (χ3v) is 12.6. The minimum atomic E-state index is -0.413. The number of rotatable bonds is 12. The van der Waals surface area contributed by atoms with Crippen LogP contribution >= 0.6 is 0 Å². The molecule has 0 saturated heterocycles. The molecule has 70 heavy (non-hydrogen) atoms. The van der Waals surface area contributed by atoms with Crippen LogP contribution in [0.15, 0.2) is 175 Å². The van der Waals surface area contributed by atoms with Crippen molar-refractivity contribution in [2.45, 2.75) is 39.5 Å². The van der Waals surface area contributed by atoms with E-state index in [1.165, 1.54) is 12.1 Å². The number of aromatic nitrogens is 5. The van der Waals surface area contributed by atoms with E-state index >= 15 is 8.78 Å². The van der Waals surface area contributed by atoms with Crippen LogP contribution in [0, 0.1) is 43.7 Å². The molecule has 6 heterocycles. The molecule has 0 saturated carbocycles. The van der Waals surface area contributed by atoms with E-state index in [4.69, 9.17) is 19.4 Å². The van der Waals surface area contributed by atoms with Gasteiger partial charge in [-0.3, -0.25) is 14.4 Å². The maximum atomic E-state index is 15.8. The Morgan fingerprint density at radius 3 is 1.76 bits per heavy atom. The summed E-state index contributed by atoms with van der Waals surface area (Å²) in [6, 6.07) is 53.7. The van der Waals surface area contributed by atoms with Crippen LogP contribution in [0.1, 0.15) is 33.4 Å². The van der Waals surface area contributed by atoms with E-state index in [1.807, 2.05) is 110 Å². The summed E-state index contributed by atoms with van der Waals surface area (Å²) in [4.78, 5) is 23.6. The van der Waals surface area contributed by atoms with Gasteiger partial charge in [0, 0.05) is 35.4 Å². The Bertz CT molecular complexity index is 3570. The van der Waals surface area contributed by atoms with E-state index < -0.39 is 5.82 Å². The van der Waals surface area contributed by atoms with Crippen LogP contribution in [0.5, 0.6) is 0 Å². The fraction of sp³-hybridized carbons (Fsp3) is 0.0984. The van der Waals surface area contributed by atoms with Crippen LogP contribution in [0.2, 0.25) is 0 Å². The van der Waals surface area contributed by atoms with Crippen molar-refractivity contribution in [3.63, 3.8) is 0 Å². The smallest absolute Gasteiger partial charge is 0.500 e. The van der Waals surface area contributed by atoms with Crippen molar-refractivity contribution in [3.05, 3.63) is 234 Å². The van der Waals surface area contributed by atoms with Gasteiger partial charge in [-0.25, -0.2) is 4.39 Å². The molecule has 6 aromatic heterocycles. The molecule has 0 aliphatic carbocycles. The maximum absolute atomic E-state index is 15.8. The molecular weight excluding hydrogens is 1050 g/mol. The van der Waals surface area contributed by atoms with E-state index in [9.17, 15) is 0 Å². The van der Waals surface area contributed by atoms with Crippen molar-refractivity contribution in [1.29, 1.82) is 0 Å². The van der Waals surface area contributed by atoms with Gasteiger partial charge in [-0.1, -0.05) is 108 Å². The monoisotopic (exact) mass is 1090 g/mol. The Morgan fingerprint density at radius 1 is 0.514 bits per heavy atom. The molecule has 0 N–H and O–H groups in total. The molecule has 0 fully saturated rings. The van der Waals surface area contributed by atoms with Crippen molar-refractivity contribution >= 4 is 21.9 Å². The SMILES string of the molecule is Cc1cc(CCc2cc(CCc3cnc(-c4[c-]cccn4)c(C)c3)cc(-c3cc(F)ccc3-c3cnc(-c4[c-]cc(F)c5c4oc4ccccc45)cc3-c3ccccc3)c2)cnc1-c1[c-]cccn1.[Ir+3]. The molecule has 340 valence electrons. The summed E-state index contributed by atoms with van der Waals surface area (Å²) >= 11 is 0. The van der Waals surface area contributed by atoms with Crippen molar-refractivity contribution in [3.8, 4) is 67.4 Å². The number of aryl methyl sites for hydroxylation is 6. The predicted molar refractivity (Wildman–Crippen MR) is 269 cm³/mol. The summed E-state index contributed by atoms with van der Waals surface area (Å²) in [5.41, 5.74) is 16.7. The first kappa shape index (κ1) is 45.9. The van der Waals surface area contributed by atoms with Crippen molar-refractivity contribution in [2.24, 2.45) is 0 Å². The molecule has 6 nitrogen and oxygen atoms in total. The number of pyridine rings is 5. The molecule has 0 bridgehead atoms. The number of hydrogen-bond acceptors (Lipinski definition) is 6. The first-order chi connectivity index (χ1) is 33.8. The first-order valence-electron chi connectivity index (χ1n) is 22.9. The van der Waals surface area contributed by atoms with Gasteiger partial charge in [0.2, 0.25) is 0 Å². The molecule has 0 aliphatic rings. The summed E-state index contributed by atoms with van der Waals surface area (Å²) in [7, 11) is 0. The van der Waals surface area contributed by atoms with Crippen LogP contribution in [0.3, 0.4) is 0 Å². The summed E-state index contributed by atoms with van der Waals surface area (Å²) in [5, 5.41) is 1.08. The van der Waals surface area contributed by atoms with E-state index in [0.29, 0.717) is 33.2 Å². The standard InChI is InChI=1S/C61H42F2N5O.Ir/c1-38-28-42(35-67-59(38)54-15-8-10-26-64-54)20-18-40-30-41(19-21-43-29-39(2)60(68-36-43)55-16-9-11-27-65-55)32-45(31-40)50-33-46(62)22-23-47(50)52-37-66-56(34-51(52)44-12-4-3-5-13-44)48-24-25-53(63)58-49-14-6-7-17-57(49)69-61(48)58;/h3-14,17,22-23,25-37H,18-21H2,1-2H3;/q-3;+3. The number of benzene rings is 5. The Kier molecular flexibility index (Phi) is 13.1. The first-order valence-corrected chi connectivity index (χ1v) is 22.9. The van der Waals surface area contributed by atoms with Crippen LogP contribution in [-0.4, -0.2) is 24.9 Å². The number of hydrogen-bond donors (Lipinski definition) is 0. The minimum Gasteiger partial charge on any atom is -0.500 e. The number of halogens is 2. The minimum absolute atomic E-state index is 0. The van der Waals surface area contributed by atoms with Crippen molar-refractivity contribution in [1.82, 2.24) is 24.9 Å². The van der Waals surface area contributed by atoms with Gasteiger partial charge in [-0.2, -0.15) is 24.3 Å². The van der Waals surface area contributed by atoms with Crippen LogP contribution in [-0.2, 0) is 45.8 Å². The third kappa shape index (κ3) is 9.34. The average molecular weight is 1090 g/mol. The molecule has 9 heteroatoms. The van der Waals surface area contributed by atoms with Crippen LogP contribution in [0.25, 0.3) is 89.4 Å². The van der Waals surface area contributed by atoms with E-state index in [0.717, 1.165) is 115 Å². The second-order valence-electron chi connectivity index (χ2n) is 17.3. The van der Waals surface area contributed by atoms with Gasteiger partial charge in [-0.15, -0.1) is 24.3 Å². The molecular formula is C61H42F2IrN5O. The summed E-state index contributed by atoms with van der Waals surface area (Å²) in [5.74, 6) is -0.761. The topological polar surface area (TPSA) is 77.6 Å². The molecule has 0 amide bonds. The number of furan rings is 1. The van der Waals surface area contributed by atoms with Gasteiger partial charge >= 0.3 is 20.1 Å². The molecule has 0 radical (unpaired) electrons. The zero-order valence-corrected chi connectivity index (χ0v) is 40.6. The quantitative estimate of drug-likeness (QED) is 0.113. The molecule has 0 atom stereocenters. The predicted octanol–water partition coefficient (Wildman–Crippen LogP) is 14.4. The average Bonchev–Trinajstić information content (AvgIpc) is 3.79. The Morgan fingerprint density at radius 2 is 1.13 bits per heavy atom. The van der Waals surface area contributed by atoms with Gasteiger partial charge in [-0.05, 0) is 154 Å². The molecule has 11 aromatic rings. The van der Waals surface area contributed by atoms with Gasteiger partial charge in [0.05, 0.1) is 5.58 Å². The van der Waals surface area contributed by atoms with Crippen LogP contribution in [0.4, 0.5) is 8.78 Å². The zero-order valence-electron chi connectivity index (χ0n) is 38.2. The summed E-state index contributed by atoms with van der Waals surface area (Å²) < 4.78 is 37.5. The second-order valence-corrected chi connectivity index (χ2v) is 17.3. The maximum Gasteiger partial charge on any atom is 3.00 e. The molecule has 0 aliphatic heterocycles. The van der Waals surface area contributed by atoms with Gasteiger partial charge < -0.3 is 19.4 Å². The van der Waals surface area contributed by atoms with Gasteiger partial charge in [0.1, 0.15) is 11.4 Å². The van der Waals surface area contributed by atoms with E-state index in [2.05, 4.69) is 72.3 Å². The van der Waals surface area contributed by atoms with Crippen molar-refractivity contribution < 1.29 is 33.3 Å². The number of fused-ring (bicyclic) bond motifs is 3. The Balaban J connectivity index is 0.00000567. The number of nitrogens with zero attached hydrogens (tertiary/aromatic N) is 5. The molecule has 0 spiro atoms. The van der Waals surface area contributed by atoms with Gasteiger partial charge in [0.25, 0.3) is 0 Å². The Hall–Kier alpha value is -7.84. The summed E-state index contributed by atoms with van der Waals surface area (Å²) in [6.07, 6.45) is 12.1. The largest absolute Gasteiger partial charge is 3.00 e. The molecule has 11 rings (SSSR count). The molecule has 5 aromatic carbocycles. The number of para-hydroxylation sites is 1. The van der Waals surface area contributed by atoms with E-state index in [-0.39, 0.29) is 25.9 Å². The normalized spacial score (nSPS) is 11.3.